The van der Waals surface area contributed by atoms with Crippen LogP contribution in [0.3, 0.4) is 0 Å². The summed E-state index contributed by atoms with van der Waals surface area (Å²) in [6.07, 6.45) is -4.75. The van der Waals surface area contributed by atoms with Gasteiger partial charge in [0.2, 0.25) is 0 Å². The molecule has 0 bridgehead atoms. The van der Waals surface area contributed by atoms with Crippen molar-refractivity contribution in [1.29, 1.82) is 0 Å². The standard InChI is InChI=1S/C11H15F3N4O3/c12-11(13,14)10(19)8-2-1-4-16(8)6-7-17-5-3-9(15-17)18(20)21/h3,5,8,10,19H,1-2,4,6-7H2/t8-,10+/m0/s1. The molecule has 1 fully saturated rings. The van der Waals surface area contributed by atoms with Gasteiger partial charge in [0.1, 0.15) is 0 Å². The third kappa shape index (κ3) is 3.70. The molecule has 1 aromatic heterocycles. The summed E-state index contributed by atoms with van der Waals surface area (Å²) in [4.78, 5) is 11.4. The van der Waals surface area contributed by atoms with E-state index in [4.69, 9.17) is 0 Å². The summed E-state index contributed by atoms with van der Waals surface area (Å²) in [5.74, 6) is -0.303. The van der Waals surface area contributed by atoms with Crippen LogP contribution < -0.4 is 0 Å². The molecule has 2 rings (SSSR count). The van der Waals surface area contributed by atoms with Crippen LogP contribution in [0.25, 0.3) is 0 Å². The summed E-state index contributed by atoms with van der Waals surface area (Å²) in [5.41, 5.74) is 0. The largest absolute Gasteiger partial charge is 0.415 e. The number of nitro groups is 1. The lowest BCUT2D eigenvalue weighted by molar-refractivity contribution is -0.389. The molecule has 0 aromatic carbocycles. The lowest BCUT2D eigenvalue weighted by atomic mass is 10.1. The van der Waals surface area contributed by atoms with Crippen LogP contribution in [0.1, 0.15) is 12.8 Å². The molecule has 0 spiro atoms. The van der Waals surface area contributed by atoms with Crippen molar-refractivity contribution in [2.75, 3.05) is 13.1 Å². The summed E-state index contributed by atoms with van der Waals surface area (Å²) >= 11 is 0. The SMILES string of the molecule is O=[N+]([O-])c1ccn(CCN2CCC[C@H]2[C@@H](O)C(F)(F)F)n1. The lowest BCUT2D eigenvalue weighted by Crippen LogP contribution is -2.47. The van der Waals surface area contributed by atoms with Crippen LogP contribution in [0.2, 0.25) is 0 Å². The zero-order chi connectivity index (χ0) is 15.6. The lowest BCUT2D eigenvalue weighted by Gasteiger charge is -2.29. The first-order valence-electron chi connectivity index (χ1n) is 6.45. The highest BCUT2D eigenvalue weighted by Gasteiger charge is 2.46. The molecule has 1 aliphatic heterocycles. The number of aromatic nitrogens is 2. The molecule has 0 saturated carbocycles. The van der Waals surface area contributed by atoms with Crippen LogP contribution in [0.15, 0.2) is 12.3 Å². The van der Waals surface area contributed by atoms with Gasteiger partial charge in [-0.15, -0.1) is 0 Å². The molecule has 2 atom stereocenters. The number of halogens is 3. The zero-order valence-electron chi connectivity index (χ0n) is 11.0. The Labute approximate surface area is 118 Å². The third-order valence-corrected chi connectivity index (χ3v) is 3.54. The third-order valence-electron chi connectivity index (χ3n) is 3.54. The fourth-order valence-electron chi connectivity index (χ4n) is 2.51. The molecule has 21 heavy (non-hydrogen) atoms. The van der Waals surface area contributed by atoms with Gasteiger partial charge in [0, 0.05) is 12.6 Å². The van der Waals surface area contributed by atoms with Gasteiger partial charge >= 0.3 is 12.0 Å². The second-order valence-corrected chi connectivity index (χ2v) is 4.93. The van der Waals surface area contributed by atoms with E-state index in [2.05, 4.69) is 5.10 Å². The van der Waals surface area contributed by atoms with Crippen molar-refractivity contribution < 1.29 is 23.2 Å². The maximum absolute atomic E-state index is 12.6. The molecule has 7 nitrogen and oxygen atoms in total. The van der Waals surface area contributed by atoms with Crippen molar-refractivity contribution in [3.05, 3.63) is 22.4 Å². The van der Waals surface area contributed by atoms with Crippen LogP contribution in [-0.2, 0) is 6.54 Å². The number of nitrogens with zero attached hydrogens (tertiary/aromatic N) is 4. The molecule has 0 unspecified atom stereocenters. The summed E-state index contributed by atoms with van der Waals surface area (Å²) in [6, 6.07) is 0.266. The van der Waals surface area contributed by atoms with Crippen LogP contribution >= 0.6 is 0 Å². The highest BCUT2D eigenvalue weighted by molar-refractivity contribution is 5.13. The molecule has 1 aromatic rings. The molecule has 1 aliphatic rings. The van der Waals surface area contributed by atoms with Gasteiger partial charge in [-0.05, 0) is 24.3 Å². The van der Waals surface area contributed by atoms with Gasteiger partial charge in [-0.1, -0.05) is 0 Å². The van der Waals surface area contributed by atoms with Crippen molar-refractivity contribution in [1.82, 2.24) is 14.7 Å². The van der Waals surface area contributed by atoms with Crippen molar-refractivity contribution >= 4 is 5.82 Å². The first kappa shape index (κ1) is 15.7. The number of likely N-dealkylation sites (tertiary alicyclic amines) is 1. The summed E-state index contributed by atoms with van der Waals surface area (Å²) < 4.78 is 39.0. The Balaban J connectivity index is 1.93. The molecule has 2 heterocycles. The van der Waals surface area contributed by atoms with E-state index in [-0.39, 0.29) is 25.3 Å². The Kier molecular flexibility index (Phi) is 4.47. The van der Waals surface area contributed by atoms with Gasteiger partial charge in [0.25, 0.3) is 0 Å². The molecule has 118 valence electrons. The van der Waals surface area contributed by atoms with E-state index < -0.39 is 23.2 Å². The van der Waals surface area contributed by atoms with Crippen LogP contribution in [0.4, 0.5) is 19.0 Å². The predicted molar refractivity (Wildman–Crippen MR) is 65.5 cm³/mol. The molecular weight excluding hydrogens is 293 g/mol. The minimum Gasteiger partial charge on any atom is -0.382 e. The summed E-state index contributed by atoms with van der Waals surface area (Å²) in [6.45, 7) is 0.937. The second kappa shape index (κ2) is 5.98. The normalized spacial score (nSPS) is 21.6. The van der Waals surface area contributed by atoms with Crippen molar-refractivity contribution in [2.45, 2.75) is 37.7 Å². The molecule has 1 saturated heterocycles. The maximum Gasteiger partial charge on any atom is 0.415 e. The average molecular weight is 308 g/mol. The highest BCUT2D eigenvalue weighted by atomic mass is 19.4. The first-order chi connectivity index (χ1) is 9.79. The van der Waals surface area contributed by atoms with E-state index in [9.17, 15) is 28.4 Å². The number of aliphatic hydroxyl groups excluding tert-OH is 1. The van der Waals surface area contributed by atoms with E-state index in [1.165, 1.54) is 16.9 Å². The van der Waals surface area contributed by atoms with Crippen molar-refractivity contribution in [3.8, 4) is 0 Å². The number of alkyl halides is 3. The van der Waals surface area contributed by atoms with E-state index >= 15 is 0 Å². The minimum absolute atomic E-state index is 0.231. The van der Waals surface area contributed by atoms with E-state index in [0.29, 0.717) is 13.0 Å². The molecule has 0 radical (unpaired) electrons. The van der Waals surface area contributed by atoms with Crippen LogP contribution in [-0.4, -0.2) is 56.1 Å². The Bertz CT molecular complexity index is 505. The number of rotatable bonds is 5. The number of hydrogen-bond acceptors (Lipinski definition) is 5. The van der Waals surface area contributed by atoms with Gasteiger partial charge in [-0.25, -0.2) is 0 Å². The molecule has 0 amide bonds. The first-order valence-corrected chi connectivity index (χ1v) is 6.45. The Morgan fingerprint density at radius 3 is 2.81 bits per heavy atom. The van der Waals surface area contributed by atoms with Crippen LogP contribution in [0.5, 0.6) is 0 Å². The highest BCUT2D eigenvalue weighted by Crippen LogP contribution is 2.30. The van der Waals surface area contributed by atoms with Gasteiger partial charge in [-0.2, -0.15) is 17.9 Å². The van der Waals surface area contributed by atoms with E-state index in [0.717, 1.165) is 0 Å². The summed E-state index contributed by atoms with van der Waals surface area (Å²) in [5, 5.41) is 23.5. The number of aliphatic hydroxyl groups is 1. The minimum atomic E-state index is -4.64. The zero-order valence-corrected chi connectivity index (χ0v) is 11.0. The van der Waals surface area contributed by atoms with Gasteiger partial charge in [0.05, 0.1) is 23.9 Å². The fourth-order valence-corrected chi connectivity index (χ4v) is 2.51. The van der Waals surface area contributed by atoms with Crippen molar-refractivity contribution in [3.63, 3.8) is 0 Å². The van der Waals surface area contributed by atoms with Crippen molar-refractivity contribution in [2.24, 2.45) is 0 Å². The Morgan fingerprint density at radius 1 is 1.52 bits per heavy atom. The second-order valence-electron chi connectivity index (χ2n) is 4.93. The monoisotopic (exact) mass is 308 g/mol. The van der Waals surface area contributed by atoms with Gasteiger partial charge < -0.3 is 15.2 Å². The topological polar surface area (TPSA) is 84.4 Å². The van der Waals surface area contributed by atoms with Gasteiger partial charge in [-0.3, -0.25) is 4.90 Å². The maximum atomic E-state index is 12.6. The molecule has 1 N–H and O–H groups in total. The average Bonchev–Trinajstić information content (AvgIpc) is 3.03. The van der Waals surface area contributed by atoms with Gasteiger partial charge in [0.15, 0.2) is 6.10 Å². The Morgan fingerprint density at radius 2 is 2.24 bits per heavy atom. The van der Waals surface area contributed by atoms with Crippen LogP contribution in [0, 0.1) is 10.1 Å². The molecular formula is C11H15F3N4O3. The van der Waals surface area contributed by atoms with E-state index in [1.54, 1.807) is 4.90 Å². The quantitative estimate of drug-likeness (QED) is 0.652. The summed E-state index contributed by atoms with van der Waals surface area (Å²) in [7, 11) is 0. The Hall–Kier alpha value is -1.68. The predicted octanol–water partition coefficient (Wildman–Crippen LogP) is 1.18. The fraction of sp³-hybridized carbons (Fsp3) is 0.727. The molecule has 10 heteroatoms. The number of hydrogen-bond donors (Lipinski definition) is 1. The smallest absolute Gasteiger partial charge is 0.382 e. The van der Waals surface area contributed by atoms with E-state index in [1.807, 2.05) is 0 Å². The molecule has 0 aliphatic carbocycles.